The molecule has 0 bridgehead atoms. The Kier molecular flexibility index (Phi) is 2.00. The summed E-state index contributed by atoms with van der Waals surface area (Å²) in [7, 11) is 0. The monoisotopic (exact) mass is 219 g/mol. The van der Waals surface area contributed by atoms with Gasteiger partial charge in [-0.15, -0.1) is 0 Å². The topological polar surface area (TPSA) is 46.2 Å². The summed E-state index contributed by atoms with van der Waals surface area (Å²) in [5.41, 5.74) is 0.949. The quantitative estimate of drug-likeness (QED) is 0.675. The maximum Gasteiger partial charge on any atom is 0.224 e. The molecule has 1 N–H and O–H groups in total. The lowest BCUT2D eigenvalue weighted by atomic mass is 9.64. The van der Waals surface area contributed by atoms with Crippen LogP contribution >= 0.6 is 0 Å². The summed E-state index contributed by atoms with van der Waals surface area (Å²) in [6.07, 6.45) is 6.16. The standard InChI is InChI=1S/C13H17NO2/c1-13-7-6-10-8(2-5-12(16)14-10)9(13)3-4-11(13)15/h6,8-9H,2-5,7H2,1H3,(H,14,16)/t8-,9?,13-/m0/s1. The van der Waals surface area contributed by atoms with Crippen LogP contribution in [-0.2, 0) is 9.59 Å². The third kappa shape index (κ3) is 1.20. The molecule has 1 amide bonds. The highest BCUT2D eigenvalue weighted by molar-refractivity contribution is 5.88. The molecule has 3 atom stereocenters. The zero-order valence-electron chi connectivity index (χ0n) is 9.58. The molecule has 0 aromatic rings. The molecule has 0 radical (unpaired) electrons. The van der Waals surface area contributed by atoms with Crippen molar-refractivity contribution < 1.29 is 9.59 Å². The molecule has 1 aliphatic heterocycles. The third-order valence-electron chi connectivity index (χ3n) is 4.74. The number of fused-ring (bicyclic) bond motifs is 3. The molecule has 3 aliphatic rings. The maximum atomic E-state index is 12.0. The molecule has 16 heavy (non-hydrogen) atoms. The zero-order valence-corrected chi connectivity index (χ0v) is 9.58. The first kappa shape index (κ1) is 10.1. The van der Waals surface area contributed by atoms with Gasteiger partial charge in [-0.3, -0.25) is 9.59 Å². The van der Waals surface area contributed by atoms with Crippen molar-refractivity contribution in [2.75, 3.05) is 0 Å². The van der Waals surface area contributed by atoms with Crippen molar-refractivity contribution in [3.8, 4) is 0 Å². The predicted molar refractivity (Wildman–Crippen MR) is 59.4 cm³/mol. The van der Waals surface area contributed by atoms with Crippen LogP contribution in [0.25, 0.3) is 0 Å². The van der Waals surface area contributed by atoms with Crippen LogP contribution in [0.3, 0.4) is 0 Å². The highest BCUT2D eigenvalue weighted by Crippen LogP contribution is 2.53. The summed E-state index contributed by atoms with van der Waals surface area (Å²) in [5, 5.41) is 2.97. The molecule has 1 unspecified atom stereocenters. The molecule has 3 heteroatoms. The van der Waals surface area contributed by atoms with Crippen LogP contribution in [0.5, 0.6) is 0 Å². The van der Waals surface area contributed by atoms with Crippen molar-refractivity contribution in [3.05, 3.63) is 11.8 Å². The Morgan fingerprint density at radius 1 is 1.31 bits per heavy atom. The SMILES string of the molecule is C[C@]12CC=C3NC(=O)CC[C@H]3C1CCC2=O. The number of hydrogen-bond donors (Lipinski definition) is 1. The Hall–Kier alpha value is -1.12. The molecule has 3 nitrogen and oxygen atoms in total. The van der Waals surface area contributed by atoms with Gasteiger partial charge in [0.15, 0.2) is 0 Å². The van der Waals surface area contributed by atoms with Gasteiger partial charge in [-0.05, 0) is 25.2 Å². The van der Waals surface area contributed by atoms with E-state index in [0.29, 0.717) is 24.0 Å². The highest BCUT2D eigenvalue weighted by atomic mass is 16.1. The van der Waals surface area contributed by atoms with Crippen molar-refractivity contribution in [1.82, 2.24) is 5.32 Å². The maximum absolute atomic E-state index is 12.0. The lowest BCUT2D eigenvalue weighted by Gasteiger charge is -2.42. The van der Waals surface area contributed by atoms with E-state index in [4.69, 9.17) is 0 Å². The van der Waals surface area contributed by atoms with Gasteiger partial charge >= 0.3 is 0 Å². The fourth-order valence-electron chi connectivity index (χ4n) is 3.71. The Labute approximate surface area is 95.3 Å². The van der Waals surface area contributed by atoms with E-state index in [-0.39, 0.29) is 11.3 Å². The van der Waals surface area contributed by atoms with Crippen LogP contribution in [0.1, 0.15) is 39.0 Å². The van der Waals surface area contributed by atoms with Gasteiger partial charge in [0.1, 0.15) is 5.78 Å². The first-order valence-electron chi connectivity index (χ1n) is 6.14. The number of allylic oxidation sites excluding steroid dienone is 2. The molecular formula is C13H17NO2. The Balaban J connectivity index is 1.96. The molecular weight excluding hydrogens is 202 g/mol. The van der Waals surface area contributed by atoms with Crippen LogP contribution in [0, 0.1) is 17.3 Å². The smallest absolute Gasteiger partial charge is 0.224 e. The first-order chi connectivity index (χ1) is 7.61. The van der Waals surface area contributed by atoms with Gasteiger partial charge in [-0.2, -0.15) is 0 Å². The molecule has 1 saturated carbocycles. The second-order valence-corrected chi connectivity index (χ2v) is 5.54. The molecule has 3 rings (SSSR count). The van der Waals surface area contributed by atoms with Gasteiger partial charge in [0.25, 0.3) is 0 Å². The van der Waals surface area contributed by atoms with Gasteiger partial charge < -0.3 is 5.32 Å². The number of nitrogens with one attached hydrogen (secondary N) is 1. The molecule has 0 aromatic heterocycles. The van der Waals surface area contributed by atoms with E-state index in [1.807, 2.05) is 0 Å². The van der Waals surface area contributed by atoms with Gasteiger partial charge in [0.05, 0.1) is 0 Å². The summed E-state index contributed by atoms with van der Waals surface area (Å²) in [4.78, 5) is 23.3. The Morgan fingerprint density at radius 3 is 2.94 bits per heavy atom. The largest absolute Gasteiger partial charge is 0.330 e. The van der Waals surface area contributed by atoms with Crippen molar-refractivity contribution in [1.29, 1.82) is 0 Å². The Morgan fingerprint density at radius 2 is 2.12 bits per heavy atom. The number of ketones is 1. The average Bonchev–Trinajstić information content (AvgIpc) is 2.56. The predicted octanol–water partition coefficient (Wildman–Crippen LogP) is 1.79. The first-order valence-corrected chi connectivity index (χ1v) is 6.14. The van der Waals surface area contributed by atoms with Crippen molar-refractivity contribution >= 4 is 11.7 Å². The average molecular weight is 219 g/mol. The van der Waals surface area contributed by atoms with E-state index in [1.54, 1.807) is 0 Å². The lowest BCUT2D eigenvalue weighted by molar-refractivity contribution is -0.127. The van der Waals surface area contributed by atoms with Crippen LogP contribution in [0.15, 0.2) is 11.8 Å². The molecule has 2 fully saturated rings. The minimum Gasteiger partial charge on any atom is -0.330 e. The van der Waals surface area contributed by atoms with Crippen LogP contribution in [0.4, 0.5) is 0 Å². The summed E-state index contributed by atoms with van der Waals surface area (Å²) in [6.45, 7) is 2.11. The summed E-state index contributed by atoms with van der Waals surface area (Å²) >= 11 is 0. The van der Waals surface area contributed by atoms with Gasteiger partial charge in [-0.25, -0.2) is 0 Å². The van der Waals surface area contributed by atoms with E-state index in [1.165, 1.54) is 0 Å². The normalized spacial score (nSPS) is 42.2. The molecule has 1 heterocycles. The summed E-state index contributed by atoms with van der Waals surface area (Å²) in [6, 6.07) is 0. The molecule has 0 aromatic carbocycles. The summed E-state index contributed by atoms with van der Waals surface area (Å²) < 4.78 is 0. The van der Waals surface area contributed by atoms with E-state index in [9.17, 15) is 9.59 Å². The molecule has 2 aliphatic carbocycles. The minimum absolute atomic E-state index is 0.135. The lowest BCUT2D eigenvalue weighted by Crippen LogP contribution is -2.44. The van der Waals surface area contributed by atoms with Gasteiger partial charge in [0, 0.05) is 29.9 Å². The number of rotatable bonds is 0. The number of piperidine rings is 1. The Bertz CT molecular complexity index is 399. The summed E-state index contributed by atoms with van der Waals surface area (Å²) in [5.74, 6) is 1.43. The van der Waals surface area contributed by atoms with Crippen molar-refractivity contribution in [2.45, 2.75) is 39.0 Å². The van der Waals surface area contributed by atoms with Crippen LogP contribution in [0.2, 0.25) is 0 Å². The molecule has 1 saturated heterocycles. The number of carbonyl (C=O) groups is 2. The molecule has 86 valence electrons. The van der Waals surface area contributed by atoms with Gasteiger partial charge in [0.2, 0.25) is 5.91 Å². The minimum atomic E-state index is -0.143. The van der Waals surface area contributed by atoms with E-state index < -0.39 is 0 Å². The second kappa shape index (κ2) is 3.19. The second-order valence-electron chi connectivity index (χ2n) is 5.54. The van der Waals surface area contributed by atoms with Crippen molar-refractivity contribution in [3.63, 3.8) is 0 Å². The number of carbonyl (C=O) groups excluding carboxylic acids is 2. The van der Waals surface area contributed by atoms with Crippen LogP contribution < -0.4 is 5.32 Å². The fourth-order valence-corrected chi connectivity index (χ4v) is 3.71. The van der Waals surface area contributed by atoms with E-state index in [2.05, 4.69) is 18.3 Å². The fraction of sp³-hybridized carbons (Fsp3) is 0.692. The van der Waals surface area contributed by atoms with E-state index in [0.717, 1.165) is 31.4 Å². The zero-order chi connectivity index (χ0) is 11.3. The highest BCUT2D eigenvalue weighted by Gasteiger charge is 2.52. The van der Waals surface area contributed by atoms with Gasteiger partial charge in [-0.1, -0.05) is 13.0 Å². The number of amides is 1. The number of hydrogen-bond acceptors (Lipinski definition) is 2. The van der Waals surface area contributed by atoms with E-state index >= 15 is 0 Å². The number of Topliss-reactive ketones (excluding diaryl/α,β-unsaturated/α-hetero) is 1. The third-order valence-corrected chi connectivity index (χ3v) is 4.74. The molecule has 0 spiro atoms. The van der Waals surface area contributed by atoms with Crippen molar-refractivity contribution in [2.24, 2.45) is 17.3 Å². The van der Waals surface area contributed by atoms with Crippen LogP contribution in [-0.4, -0.2) is 11.7 Å².